The van der Waals surface area contributed by atoms with E-state index in [1.165, 1.54) is 0 Å². The van der Waals surface area contributed by atoms with Crippen molar-refractivity contribution in [3.05, 3.63) is 107 Å². The first kappa shape index (κ1) is 17.4. The molecule has 1 atom stereocenters. The van der Waals surface area contributed by atoms with Crippen LogP contribution in [-0.4, -0.2) is 15.7 Å². The van der Waals surface area contributed by atoms with Crippen LogP contribution in [0.15, 0.2) is 84.9 Å². The van der Waals surface area contributed by atoms with Gasteiger partial charge in [-0.3, -0.25) is 4.79 Å². The van der Waals surface area contributed by atoms with Crippen LogP contribution in [0.5, 0.6) is 0 Å². The number of nitrogens with zero attached hydrogens (tertiary/aromatic N) is 2. The van der Waals surface area contributed by atoms with Crippen molar-refractivity contribution in [3.63, 3.8) is 0 Å². The Labute approximate surface area is 169 Å². The molecule has 4 heteroatoms. The molecular formula is C25H21N3O. The third-order valence-corrected chi connectivity index (χ3v) is 5.48. The Hall–Kier alpha value is -3.66. The number of amides is 1. The fourth-order valence-electron chi connectivity index (χ4n) is 4.09. The number of hydrogen-bond acceptors (Lipinski definition) is 2. The molecule has 29 heavy (non-hydrogen) atoms. The SMILES string of the molecule is CCc1ccccc1-n1nc(-c2ccccc2)c2c1C(=O)NC2c1ccccc1. The smallest absolute Gasteiger partial charge is 0.271 e. The summed E-state index contributed by atoms with van der Waals surface area (Å²) in [6.45, 7) is 2.12. The summed E-state index contributed by atoms with van der Waals surface area (Å²) in [6.07, 6.45) is 0.870. The molecule has 142 valence electrons. The number of carbonyl (C=O) groups excluding carboxylic acids is 1. The molecule has 1 amide bonds. The number of rotatable bonds is 4. The van der Waals surface area contributed by atoms with Crippen molar-refractivity contribution in [2.45, 2.75) is 19.4 Å². The summed E-state index contributed by atoms with van der Waals surface area (Å²) in [5.74, 6) is -0.0885. The van der Waals surface area contributed by atoms with Crippen LogP contribution in [0.1, 0.15) is 40.1 Å². The maximum absolute atomic E-state index is 13.1. The van der Waals surface area contributed by atoms with E-state index in [9.17, 15) is 4.79 Å². The highest BCUT2D eigenvalue weighted by Crippen LogP contribution is 2.39. The maximum Gasteiger partial charge on any atom is 0.271 e. The van der Waals surface area contributed by atoms with E-state index in [1.54, 1.807) is 0 Å². The zero-order chi connectivity index (χ0) is 19.8. The average Bonchev–Trinajstić information content (AvgIpc) is 3.34. The lowest BCUT2D eigenvalue weighted by Crippen LogP contribution is -2.22. The molecule has 5 rings (SSSR count). The molecule has 0 radical (unpaired) electrons. The number of hydrogen-bond donors (Lipinski definition) is 1. The average molecular weight is 379 g/mol. The van der Waals surface area contributed by atoms with Crippen LogP contribution in [-0.2, 0) is 6.42 Å². The molecule has 2 heterocycles. The van der Waals surface area contributed by atoms with E-state index in [0.717, 1.165) is 40.1 Å². The van der Waals surface area contributed by atoms with Gasteiger partial charge in [-0.1, -0.05) is 85.8 Å². The molecule has 0 fully saturated rings. The van der Waals surface area contributed by atoms with Gasteiger partial charge < -0.3 is 5.32 Å². The van der Waals surface area contributed by atoms with Gasteiger partial charge in [0.2, 0.25) is 0 Å². The molecule has 1 aliphatic heterocycles. The summed E-state index contributed by atoms with van der Waals surface area (Å²) >= 11 is 0. The zero-order valence-electron chi connectivity index (χ0n) is 16.2. The number of carbonyl (C=O) groups is 1. The Kier molecular flexibility index (Phi) is 4.24. The van der Waals surface area contributed by atoms with E-state index < -0.39 is 0 Å². The van der Waals surface area contributed by atoms with Gasteiger partial charge in [0.1, 0.15) is 5.69 Å². The van der Waals surface area contributed by atoms with Gasteiger partial charge in [0.15, 0.2) is 0 Å². The lowest BCUT2D eigenvalue weighted by atomic mass is 9.97. The summed E-state index contributed by atoms with van der Waals surface area (Å²) in [4.78, 5) is 13.1. The fraction of sp³-hybridized carbons (Fsp3) is 0.120. The second-order valence-electron chi connectivity index (χ2n) is 7.19. The first-order chi connectivity index (χ1) is 14.3. The Bertz CT molecular complexity index is 1180. The normalized spacial score (nSPS) is 15.2. The molecule has 1 aliphatic rings. The topological polar surface area (TPSA) is 46.9 Å². The van der Waals surface area contributed by atoms with Crippen LogP contribution >= 0.6 is 0 Å². The van der Waals surface area contributed by atoms with Gasteiger partial charge in [-0.25, -0.2) is 4.68 Å². The molecule has 0 saturated heterocycles. The summed E-state index contributed by atoms with van der Waals surface area (Å²) in [6, 6.07) is 28.1. The van der Waals surface area contributed by atoms with Gasteiger partial charge in [0, 0.05) is 11.1 Å². The predicted octanol–water partition coefficient (Wildman–Crippen LogP) is 4.93. The standard InChI is InChI=1S/C25H21N3O/c1-2-17-11-9-10-16-20(17)28-24-21(23(27-28)19-14-7-4-8-15-19)22(26-25(24)29)18-12-5-3-6-13-18/h3-16,22H,2H2,1H3,(H,26,29). The third kappa shape index (κ3) is 2.85. The minimum Gasteiger partial charge on any atom is -0.340 e. The van der Waals surface area contributed by atoms with Gasteiger partial charge in [-0.05, 0) is 23.6 Å². The van der Waals surface area contributed by atoms with Crippen LogP contribution in [0.25, 0.3) is 16.9 Å². The molecule has 0 saturated carbocycles. The van der Waals surface area contributed by atoms with E-state index in [4.69, 9.17) is 5.10 Å². The minimum absolute atomic E-state index is 0.0885. The van der Waals surface area contributed by atoms with Gasteiger partial charge >= 0.3 is 0 Å². The Morgan fingerprint density at radius 1 is 0.897 bits per heavy atom. The number of nitrogens with one attached hydrogen (secondary N) is 1. The van der Waals surface area contributed by atoms with Gasteiger partial charge in [0.25, 0.3) is 5.91 Å². The highest BCUT2D eigenvalue weighted by Gasteiger charge is 2.38. The lowest BCUT2D eigenvalue weighted by Gasteiger charge is -2.13. The van der Waals surface area contributed by atoms with Crippen molar-refractivity contribution in [3.8, 4) is 16.9 Å². The lowest BCUT2D eigenvalue weighted by molar-refractivity contribution is 0.0953. The minimum atomic E-state index is -0.212. The van der Waals surface area contributed by atoms with Crippen LogP contribution in [0.4, 0.5) is 0 Å². The first-order valence-electron chi connectivity index (χ1n) is 9.90. The van der Waals surface area contributed by atoms with Gasteiger partial charge in [0.05, 0.1) is 17.4 Å². The molecule has 0 spiro atoms. The van der Waals surface area contributed by atoms with Crippen LogP contribution < -0.4 is 5.32 Å². The van der Waals surface area contributed by atoms with Gasteiger partial charge in [-0.15, -0.1) is 0 Å². The number of para-hydroxylation sites is 1. The van der Waals surface area contributed by atoms with E-state index in [0.29, 0.717) is 5.69 Å². The van der Waals surface area contributed by atoms with Crippen molar-refractivity contribution in [1.29, 1.82) is 0 Å². The second-order valence-corrected chi connectivity index (χ2v) is 7.19. The maximum atomic E-state index is 13.1. The molecule has 3 aromatic carbocycles. The molecule has 1 aromatic heterocycles. The second kappa shape index (κ2) is 7.06. The van der Waals surface area contributed by atoms with E-state index in [-0.39, 0.29) is 11.9 Å². The molecule has 0 bridgehead atoms. The predicted molar refractivity (Wildman–Crippen MR) is 114 cm³/mol. The number of aryl methyl sites for hydroxylation is 1. The van der Waals surface area contributed by atoms with E-state index >= 15 is 0 Å². The van der Waals surface area contributed by atoms with Crippen LogP contribution in [0, 0.1) is 0 Å². The van der Waals surface area contributed by atoms with Crippen LogP contribution in [0.2, 0.25) is 0 Å². The number of aromatic nitrogens is 2. The monoisotopic (exact) mass is 379 g/mol. The van der Waals surface area contributed by atoms with Crippen LogP contribution in [0.3, 0.4) is 0 Å². The molecular weight excluding hydrogens is 358 g/mol. The number of benzene rings is 3. The summed E-state index contributed by atoms with van der Waals surface area (Å²) in [7, 11) is 0. The molecule has 1 unspecified atom stereocenters. The quantitative estimate of drug-likeness (QED) is 0.546. The molecule has 4 aromatic rings. The molecule has 0 aliphatic carbocycles. The third-order valence-electron chi connectivity index (χ3n) is 5.48. The highest BCUT2D eigenvalue weighted by molar-refractivity contribution is 6.01. The Morgan fingerprint density at radius 2 is 1.55 bits per heavy atom. The first-order valence-corrected chi connectivity index (χ1v) is 9.90. The van der Waals surface area contributed by atoms with Crippen molar-refractivity contribution in [1.82, 2.24) is 15.1 Å². The Balaban J connectivity index is 1.79. The summed E-state index contributed by atoms with van der Waals surface area (Å²) < 4.78 is 1.83. The zero-order valence-corrected chi connectivity index (χ0v) is 16.2. The van der Waals surface area contributed by atoms with Crippen molar-refractivity contribution < 1.29 is 4.79 Å². The fourth-order valence-corrected chi connectivity index (χ4v) is 4.09. The van der Waals surface area contributed by atoms with Gasteiger partial charge in [-0.2, -0.15) is 5.10 Å². The van der Waals surface area contributed by atoms with Crippen molar-refractivity contribution in [2.24, 2.45) is 0 Å². The Morgan fingerprint density at radius 3 is 2.28 bits per heavy atom. The summed E-state index contributed by atoms with van der Waals surface area (Å²) in [5.41, 5.74) is 6.59. The van der Waals surface area contributed by atoms with Crippen molar-refractivity contribution in [2.75, 3.05) is 0 Å². The van der Waals surface area contributed by atoms with Crippen molar-refractivity contribution >= 4 is 5.91 Å². The van der Waals surface area contributed by atoms with E-state index in [2.05, 4.69) is 18.3 Å². The molecule has 4 nitrogen and oxygen atoms in total. The summed E-state index contributed by atoms with van der Waals surface area (Å²) in [5, 5.41) is 8.14. The largest absolute Gasteiger partial charge is 0.340 e. The number of fused-ring (bicyclic) bond motifs is 1. The molecule has 1 N–H and O–H groups in total. The highest BCUT2D eigenvalue weighted by atomic mass is 16.2. The van der Waals surface area contributed by atoms with E-state index in [1.807, 2.05) is 83.5 Å².